The van der Waals surface area contributed by atoms with Crippen LogP contribution < -0.4 is 0 Å². The van der Waals surface area contributed by atoms with Crippen molar-refractivity contribution >= 4 is 0 Å². The molecule has 0 spiro atoms. The first-order chi connectivity index (χ1) is 15.8. The molecule has 174 valence electrons. The molecule has 2 aromatic rings. The summed E-state index contributed by atoms with van der Waals surface area (Å²) in [6.45, 7) is 4.57. The van der Waals surface area contributed by atoms with Gasteiger partial charge >= 0.3 is 0 Å². The highest BCUT2D eigenvalue weighted by molar-refractivity contribution is 5.64. The Morgan fingerprint density at radius 3 is 2.00 bits per heavy atom. The van der Waals surface area contributed by atoms with Gasteiger partial charge in [-0.25, -0.2) is 0 Å². The highest BCUT2D eigenvalue weighted by Gasteiger charge is 2.35. The fourth-order valence-electron chi connectivity index (χ4n) is 6.69. The normalized spacial score (nSPS) is 25.4. The molecule has 0 heteroatoms. The van der Waals surface area contributed by atoms with E-state index in [-0.39, 0.29) is 0 Å². The summed E-state index contributed by atoms with van der Waals surface area (Å²) < 4.78 is 0. The highest BCUT2D eigenvalue weighted by Crippen LogP contribution is 2.48. The first kappa shape index (κ1) is 23.6. The van der Waals surface area contributed by atoms with Crippen LogP contribution in [0.25, 0.3) is 11.1 Å². The number of unbranched alkanes of at least 4 members (excludes halogenated alkanes) is 4. The topological polar surface area (TPSA) is 0 Å². The second-order valence-electron chi connectivity index (χ2n) is 11.0. The van der Waals surface area contributed by atoms with Crippen LogP contribution in [0.15, 0.2) is 48.5 Å². The molecule has 2 aromatic carbocycles. The summed E-state index contributed by atoms with van der Waals surface area (Å²) in [6, 6.07) is 18.8. The maximum atomic E-state index is 2.43. The Kier molecular flexibility index (Phi) is 8.89. The molecule has 0 nitrogen and oxygen atoms in total. The van der Waals surface area contributed by atoms with Gasteiger partial charge in [-0.1, -0.05) is 114 Å². The molecule has 4 unspecified atom stereocenters. The van der Waals surface area contributed by atoms with E-state index in [2.05, 4.69) is 62.4 Å². The zero-order valence-corrected chi connectivity index (χ0v) is 20.8. The third kappa shape index (κ3) is 6.27. The van der Waals surface area contributed by atoms with E-state index < -0.39 is 0 Å². The molecular formula is C32H46. The monoisotopic (exact) mass is 430 g/mol. The fourth-order valence-corrected chi connectivity index (χ4v) is 6.69. The van der Waals surface area contributed by atoms with Gasteiger partial charge in [-0.2, -0.15) is 0 Å². The van der Waals surface area contributed by atoms with Crippen LogP contribution in [0, 0.1) is 17.8 Å². The van der Waals surface area contributed by atoms with Crippen LogP contribution in [-0.4, -0.2) is 0 Å². The minimum Gasteiger partial charge on any atom is -0.0654 e. The first-order valence-corrected chi connectivity index (χ1v) is 14.0. The maximum absolute atomic E-state index is 2.43. The van der Waals surface area contributed by atoms with Crippen LogP contribution in [0.2, 0.25) is 0 Å². The van der Waals surface area contributed by atoms with Crippen molar-refractivity contribution in [2.24, 2.45) is 17.8 Å². The molecule has 0 bridgehead atoms. The molecule has 0 radical (unpaired) electrons. The van der Waals surface area contributed by atoms with Crippen molar-refractivity contribution in [3.63, 3.8) is 0 Å². The van der Waals surface area contributed by atoms with Crippen LogP contribution >= 0.6 is 0 Å². The van der Waals surface area contributed by atoms with Gasteiger partial charge < -0.3 is 0 Å². The van der Waals surface area contributed by atoms with Crippen LogP contribution in [0.4, 0.5) is 0 Å². The summed E-state index contributed by atoms with van der Waals surface area (Å²) in [6.07, 6.45) is 20.0. The van der Waals surface area contributed by atoms with Gasteiger partial charge in [0.1, 0.15) is 0 Å². The first-order valence-electron chi connectivity index (χ1n) is 14.0. The molecule has 0 N–H and O–H groups in total. The second kappa shape index (κ2) is 12.1. The van der Waals surface area contributed by atoms with Crippen molar-refractivity contribution in [2.75, 3.05) is 0 Å². The Labute approximate surface area is 198 Å². The standard InChI is InChI=1S/C32H46/c1-3-5-6-7-8-10-26-13-16-32-24-31(22-21-30(32)23-26)29-19-17-28(18-20-29)27-14-11-25(9-4-2)12-15-27/h11-12,14-15,17-20,26,30-32H,3-10,13,16,21-24H2,1-2H3. The number of hydrogen-bond acceptors (Lipinski definition) is 0. The van der Waals surface area contributed by atoms with Crippen molar-refractivity contribution in [1.82, 2.24) is 0 Å². The largest absolute Gasteiger partial charge is 0.0654 e. The summed E-state index contributed by atoms with van der Waals surface area (Å²) in [7, 11) is 0. The lowest BCUT2D eigenvalue weighted by Crippen LogP contribution is -2.30. The number of aryl methyl sites for hydroxylation is 1. The summed E-state index contributed by atoms with van der Waals surface area (Å²) in [5.41, 5.74) is 5.77. The van der Waals surface area contributed by atoms with Crippen molar-refractivity contribution in [2.45, 2.75) is 110 Å². The molecule has 4 rings (SSSR count). The van der Waals surface area contributed by atoms with E-state index in [1.807, 2.05) is 0 Å². The molecule has 2 aliphatic carbocycles. The molecule has 2 saturated carbocycles. The van der Waals surface area contributed by atoms with Gasteiger partial charge in [-0.05, 0) is 84.5 Å². The second-order valence-corrected chi connectivity index (χ2v) is 11.0. The summed E-state index contributed by atoms with van der Waals surface area (Å²) in [4.78, 5) is 0. The van der Waals surface area contributed by atoms with Crippen LogP contribution in [0.3, 0.4) is 0 Å². The minimum absolute atomic E-state index is 0.794. The lowest BCUT2D eigenvalue weighted by molar-refractivity contribution is 0.113. The van der Waals surface area contributed by atoms with E-state index in [1.54, 1.807) is 5.56 Å². The lowest BCUT2D eigenvalue weighted by Gasteiger charge is -2.42. The minimum atomic E-state index is 0.794. The Balaban J connectivity index is 1.27. The Hall–Kier alpha value is -1.56. The lowest BCUT2D eigenvalue weighted by atomic mass is 9.63. The van der Waals surface area contributed by atoms with Crippen molar-refractivity contribution in [1.29, 1.82) is 0 Å². The smallest absolute Gasteiger partial charge is 0.0159 e. The number of rotatable bonds is 10. The van der Waals surface area contributed by atoms with Crippen molar-refractivity contribution in [3.8, 4) is 11.1 Å². The summed E-state index contributed by atoms with van der Waals surface area (Å²) in [5, 5.41) is 0. The molecule has 0 heterocycles. The predicted octanol–water partition coefficient (Wildman–Crippen LogP) is 9.97. The fraction of sp³-hybridized carbons (Fsp3) is 0.625. The molecule has 0 aromatic heterocycles. The van der Waals surface area contributed by atoms with Gasteiger partial charge in [0.15, 0.2) is 0 Å². The van der Waals surface area contributed by atoms with Gasteiger partial charge in [0, 0.05) is 0 Å². The number of hydrogen-bond donors (Lipinski definition) is 0. The highest BCUT2D eigenvalue weighted by atomic mass is 14.4. The number of benzene rings is 2. The van der Waals surface area contributed by atoms with Crippen LogP contribution in [0.5, 0.6) is 0 Å². The summed E-state index contributed by atoms with van der Waals surface area (Å²) in [5.74, 6) is 3.86. The van der Waals surface area contributed by atoms with E-state index in [0.29, 0.717) is 0 Å². The average Bonchev–Trinajstić information content (AvgIpc) is 2.84. The van der Waals surface area contributed by atoms with Crippen LogP contribution in [0.1, 0.15) is 114 Å². The zero-order valence-electron chi connectivity index (χ0n) is 20.8. The van der Waals surface area contributed by atoms with Crippen molar-refractivity contribution < 1.29 is 0 Å². The molecule has 4 atom stereocenters. The maximum Gasteiger partial charge on any atom is -0.0159 e. The van der Waals surface area contributed by atoms with Gasteiger partial charge in [0.25, 0.3) is 0 Å². The van der Waals surface area contributed by atoms with Gasteiger partial charge in [-0.15, -0.1) is 0 Å². The molecule has 0 amide bonds. The molecule has 2 aliphatic rings. The predicted molar refractivity (Wildman–Crippen MR) is 140 cm³/mol. The zero-order chi connectivity index (χ0) is 22.2. The van der Waals surface area contributed by atoms with E-state index >= 15 is 0 Å². The molecule has 2 fully saturated rings. The molecule has 32 heavy (non-hydrogen) atoms. The third-order valence-electron chi connectivity index (χ3n) is 8.65. The SMILES string of the molecule is CCCCCCCC1CCC2CC(c3ccc(-c4ccc(CCC)cc4)cc3)CCC2C1. The quantitative estimate of drug-likeness (QED) is 0.329. The molecular weight excluding hydrogens is 384 g/mol. The van der Waals surface area contributed by atoms with E-state index in [9.17, 15) is 0 Å². The van der Waals surface area contributed by atoms with E-state index in [1.165, 1.54) is 107 Å². The Bertz CT molecular complexity index is 784. The van der Waals surface area contributed by atoms with Gasteiger partial charge in [-0.3, -0.25) is 0 Å². The van der Waals surface area contributed by atoms with Crippen LogP contribution in [-0.2, 0) is 6.42 Å². The van der Waals surface area contributed by atoms with E-state index in [4.69, 9.17) is 0 Å². The Morgan fingerprint density at radius 2 is 1.28 bits per heavy atom. The molecule has 0 saturated heterocycles. The van der Waals surface area contributed by atoms with Crippen molar-refractivity contribution in [3.05, 3.63) is 59.7 Å². The van der Waals surface area contributed by atoms with E-state index in [0.717, 1.165) is 23.7 Å². The third-order valence-corrected chi connectivity index (χ3v) is 8.65. The number of fused-ring (bicyclic) bond motifs is 1. The summed E-state index contributed by atoms with van der Waals surface area (Å²) >= 11 is 0. The average molecular weight is 431 g/mol. The Morgan fingerprint density at radius 1 is 0.625 bits per heavy atom. The molecule has 0 aliphatic heterocycles. The van der Waals surface area contributed by atoms with Gasteiger partial charge in [0.2, 0.25) is 0 Å². The van der Waals surface area contributed by atoms with Gasteiger partial charge in [0.05, 0.1) is 0 Å².